The number of benzene rings is 1. The average Bonchev–Trinajstić information content (AvgIpc) is 2.93. The van der Waals surface area contributed by atoms with Crippen molar-refractivity contribution >= 4 is 23.3 Å². The van der Waals surface area contributed by atoms with Crippen LogP contribution in [0.3, 0.4) is 0 Å². The molecule has 0 bridgehead atoms. The quantitative estimate of drug-likeness (QED) is 0.469. The van der Waals surface area contributed by atoms with E-state index in [0.29, 0.717) is 23.6 Å². The molecule has 3 aromatic rings. The molecular formula is C17H20N6O3. The Morgan fingerprint density at radius 3 is 2.77 bits per heavy atom. The number of hydrazone groups is 1. The lowest BCUT2D eigenvalue weighted by atomic mass is 10.2. The van der Waals surface area contributed by atoms with Gasteiger partial charge in [-0.1, -0.05) is 26.0 Å². The van der Waals surface area contributed by atoms with E-state index in [2.05, 4.69) is 20.5 Å². The normalized spacial score (nSPS) is 11.7. The highest BCUT2D eigenvalue weighted by Gasteiger charge is 2.17. The maximum absolute atomic E-state index is 12.3. The summed E-state index contributed by atoms with van der Waals surface area (Å²) in [6.07, 6.45) is 1.46. The number of phenols is 1. The minimum Gasteiger partial charge on any atom is -0.507 e. The summed E-state index contributed by atoms with van der Waals surface area (Å²) in [5, 5.41) is 13.9. The number of aromatic amines is 1. The fourth-order valence-corrected chi connectivity index (χ4v) is 2.62. The Kier molecular flexibility index (Phi) is 4.61. The second-order valence-corrected chi connectivity index (χ2v) is 6.36. The van der Waals surface area contributed by atoms with Gasteiger partial charge in [-0.15, -0.1) is 0 Å². The first-order valence-corrected chi connectivity index (χ1v) is 8.15. The first kappa shape index (κ1) is 17.5. The molecule has 26 heavy (non-hydrogen) atoms. The fraction of sp³-hybridized carbons (Fsp3) is 0.294. The Bertz CT molecular complexity index is 1090. The van der Waals surface area contributed by atoms with Crippen molar-refractivity contribution in [2.45, 2.75) is 20.4 Å². The molecule has 0 aliphatic carbocycles. The number of nitrogens with zero attached hydrogens (tertiary/aromatic N) is 4. The van der Waals surface area contributed by atoms with Crippen molar-refractivity contribution in [2.24, 2.45) is 18.1 Å². The van der Waals surface area contributed by atoms with E-state index in [9.17, 15) is 14.7 Å². The predicted octanol–water partition coefficient (Wildman–Crippen LogP) is 1.23. The third-order valence-electron chi connectivity index (χ3n) is 3.86. The highest BCUT2D eigenvalue weighted by atomic mass is 16.3. The number of fused-ring (bicyclic) bond motifs is 1. The summed E-state index contributed by atoms with van der Waals surface area (Å²) < 4.78 is 2.98. The SMILES string of the molecule is CC(C)Cn1c(N/N=C/c2ccccc2O)nc2c1c(=O)[nH]c(=O)n2C. The molecule has 9 nitrogen and oxygen atoms in total. The van der Waals surface area contributed by atoms with Gasteiger partial charge >= 0.3 is 5.69 Å². The molecule has 0 atom stereocenters. The molecule has 1 aromatic carbocycles. The van der Waals surface area contributed by atoms with Gasteiger partial charge in [0.25, 0.3) is 5.56 Å². The van der Waals surface area contributed by atoms with Crippen LogP contribution in [0.15, 0.2) is 39.0 Å². The number of aromatic nitrogens is 4. The van der Waals surface area contributed by atoms with Crippen LogP contribution in [0.2, 0.25) is 0 Å². The minimum atomic E-state index is -0.527. The molecule has 2 heterocycles. The van der Waals surface area contributed by atoms with E-state index in [0.717, 1.165) is 0 Å². The van der Waals surface area contributed by atoms with Gasteiger partial charge in [0.15, 0.2) is 11.2 Å². The van der Waals surface area contributed by atoms with Crippen molar-refractivity contribution in [3.63, 3.8) is 0 Å². The highest BCUT2D eigenvalue weighted by molar-refractivity contribution is 5.83. The summed E-state index contributed by atoms with van der Waals surface area (Å²) >= 11 is 0. The number of aromatic hydroxyl groups is 1. The molecule has 0 fully saturated rings. The third-order valence-corrected chi connectivity index (χ3v) is 3.86. The standard InChI is InChI=1S/C17H20N6O3/c1-10(2)9-23-13-14(22(3)17(26)20-15(13)25)19-16(23)21-18-8-11-6-4-5-7-12(11)24/h4-8,10,24H,9H2,1-3H3,(H,19,21)(H,20,25,26)/b18-8+. The van der Waals surface area contributed by atoms with Gasteiger partial charge < -0.3 is 9.67 Å². The molecule has 0 unspecified atom stereocenters. The molecule has 0 aliphatic heterocycles. The Balaban J connectivity index is 2.06. The van der Waals surface area contributed by atoms with E-state index in [1.165, 1.54) is 10.8 Å². The number of para-hydroxylation sites is 1. The number of phenolic OH excluding ortho intramolecular Hbond substituents is 1. The van der Waals surface area contributed by atoms with Gasteiger partial charge in [-0.3, -0.25) is 14.3 Å². The monoisotopic (exact) mass is 356 g/mol. The van der Waals surface area contributed by atoms with Crippen LogP contribution in [-0.4, -0.2) is 30.4 Å². The van der Waals surface area contributed by atoms with Crippen molar-refractivity contribution in [1.29, 1.82) is 0 Å². The average molecular weight is 356 g/mol. The van der Waals surface area contributed by atoms with E-state index < -0.39 is 11.2 Å². The summed E-state index contributed by atoms with van der Waals surface area (Å²) in [6, 6.07) is 6.77. The van der Waals surface area contributed by atoms with Gasteiger partial charge in [0.1, 0.15) is 5.75 Å². The molecule has 136 valence electrons. The summed E-state index contributed by atoms with van der Waals surface area (Å²) in [6.45, 7) is 4.54. The molecular weight excluding hydrogens is 336 g/mol. The van der Waals surface area contributed by atoms with Gasteiger partial charge in [-0.05, 0) is 18.1 Å². The molecule has 0 radical (unpaired) electrons. The lowest BCUT2D eigenvalue weighted by Crippen LogP contribution is -2.29. The number of hydrogen-bond donors (Lipinski definition) is 3. The van der Waals surface area contributed by atoms with Gasteiger partial charge in [0, 0.05) is 19.2 Å². The number of H-pyrrole nitrogens is 1. The van der Waals surface area contributed by atoms with E-state index in [1.54, 1.807) is 35.9 Å². The third kappa shape index (κ3) is 3.23. The molecule has 9 heteroatoms. The zero-order valence-electron chi connectivity index (χ0n) is 14.7. The van der Waals surface area contributed by atoms with Crippen molar-refractivity contribution in [1.82, 2.24) is 19.1 Å². The lowest BCUT2D eigenvalue weighted by molar-refractivity contribution is 0.474. The van der Waals surface area contributed by atoms with Gasteiger partial charge in [0.05, 0.1) is 6.21 Å². The first-order valence-electron chi connectivity index (χ1n) is 8.15. The number of anilines is 1. The second-order valence-electron chi connectivity index (χ2n) is 6.36. The van der Waals surface area contributed by atoms with E-state index in [1.807, 2.05) is 13.8 Å². The van der Waals surface area contributed by atoms with Crippen molar-refractivity contribution in [3.05, 3.63) is 50.7 Å². The number of aryl methyl sites for hydroxylation is 1. The molecule has 3 N–H and O–H groups in total. The lowest BCUT2D eigenvalue weighted by Gasteiger charge is -2.10. The molecule has 0 spiro atoms. The van der Waals surface area contributed by atoms with Crippen LogP contribution in [0, 0.1) is 5.92 Å². The molecule has 0 aliphatic rings. The molecule has 2 aromatic heterocycles. The van der Waals surface area contributed by atoms with Crippen LogP contribution in [0.5, 0.6) is 5.75 Å². The number of nitrogens with one attached hydrogen (secondary N) is 2. The Morgan fingerprint density at radius 1 is 1.35 bits per heavy atom. The molecule has 0 saturated carbocycles. The van der Waals surface area contributed by atoms with Gasteiger partial charge in [-0.2, -0.15) is 10.1 Å². The van der Waals surface area contributed by atoms with Crippen LogP contribution in [0.1, 0.15) is 19.4 Å². The summed E-state index contributed by atoms with van der Waals surface area (Å²) in [7, 11) is 1.54. The summed E-state index contributed by atoms with van der Waals surface area (Å²) in [5.74, 6) is 0.686. The van der Waals surface area contributed by atoms with Crippen LogP contribution in [0.4, 0.5) is 5.95 Å². The van der Waals surface area contributed by atoms with Crippen LogP contribution >= 0.6 is 0 Å². The number of imidazole rings is 1. The largest absolute Gasteiger partial charge is 0.507 e. The molecule has 0 amide bonds. The van der Waals surface area contributed by atoms with Gasteiger partial charge in [0.2, 0.25) is 5.95 Å². The summed E-state index contributed by atoms with van der Waals surface area (Å²) in [5.41, 5.74) is 2.90. The van der Waals surface area contributed by atoms with E-state index >= 15 is 0 Å². The van der Waals surface area contributed by atoms with Crippen molar-refractivity contribution in [3.8, 4) is 5.75 Å². The van der Waals surface area contributed by atoms with Crippen LogP contribution in [0.25, 0.3) is 11.2 Å². The summed E-state index contributed by atoms with van der Waals surface area (Å²) in [4.78, 5) is 30.7. The Labute approximate surface area is 148 Å². The van der Waals surface area contributed by atoms with Crippen molar-refractivity contribution in [2.75, 3.05) is 5.43 Å². The van der Waals surface area contributed by atoms with Crippen LogP contribution in [-0.2, 0) is 13.6 Å². The Morgan fingerprint density at radius 2 is 2.08 bits per heavy atom. The highest BCUT2D eigenvalue weighted by Crippen LogP contribution is 2.18. The first-order chi connectivity index (χ1) is 12.4. The van der Waals surface area contributed by atoms with Crippen molar-refractivity contribution < 1.29 is 5.11 Å². The predicted molar refractivity (Wildman–Crippen MR) is 99.8 cm³/mol. The molecule has 0 saturated heterocycles. The fourth-order valence-electron chi connectivity index (χ4n) is 2.62. The zero-order chi connectivity index (χ0) is 18.8. The number of hydrogen-bond acceptors (Lipinski definition) is 6. The van der Waals surface area contributed by atoms with E-state index in [4.69, 9.17) is 0 Å². The number of rotatable bonds is 5. The zero-order valence-corrected chi connectivity index (χ0v) is 14.7. The Hall–Kier alpha value is -3.36. The second kappa shape index (κ2) is 6.87. The molecule has 3 rings (SSSR count). The maximum atomic E-state index is 12.3. The topological polar surface area (TPSA) is 117 Å². The smallest absolute Gasteiger partial charge is 0.329 e. The van der Waals surface area contributed by atoms with Gasteiger partial charge in [-0.25, -0.2) is 10.2 Å². The van der Waals surface area contributed by atoms with E-state index in [-0.39, 0.29) is 17.3 Å². The van der Waals surface area contributed by atoms with Crippen LogP contribution < -0.4 is 16.7 Å². The maximum Gasteiger partial charge on any atom is 0.329 e. The minimum absolute atomic E-state index is 0.104.